The van der Waals surface area contributed by atoms with Crippen molar-refractivity contribution in [2.45, 2.75) is 51.9 Å². The molecule has 166 valence electrons. The van der Waals surface area contributed by atoms with Gasteiger partial charge in [-0.1, -0.05) is 30.3 Å². The van der Waals surface area contributed by atoms with E-state index in [1.165, 1.54) is 16.9 Å². The van der Waals surface area contributed by atoms with Crippen LogP contribution in [0.25, 0.3) is 0 Å². The summed E-state index contributed by atoms with van der Waals surface area (Å²) in [7, 11) is 0. The number of hydrogen-bond acceptors (Lipinski definition) is 4. The molecule has 31 heavy (non-hydrogen) atoms. The average molecular weight is 440 g/mol. The summed E-state index contributed by atoms with van der Waals surface area (Å²) >= 11 is 1.52. The third-order valence-electron chi connectivity index (χ3n) is 6.84. The molecular formula is C25H33N3O2S. The Balaban J connectivity index is 1.14. The molecule has 0 unspecified atom stereocenters. The van der Waals surface area contributed by atoms with Crippen LogP contribution in [-0.2, 0) is 11.2 Å². The van der Waals surface area contributed by atoms with E-state index in [0.29, 0.717) is 29.9 Å². The fraction of sp³-hybridized carbons (Fsp3) is 0.560. The first kappa shape index (κ1) is 22.0. The van der Waals surface area contributed by atoms with Gasteiger partial charge in [-0.15, -0.1) is 11.3 Å². The Morgan fingerprint density at radius 2 is 1.61 bits per heavy atom. The first-order chi connectivity index (χ1) is 15.1. The van der Waals surface area contributed by atoms with Gasteiger partial charge in [0.2, 0.25) is 5.91 Å². The van der Waals surface area contributed by atoms with Crippen LogP contribution in [0.3, 0.4) is 0 Å². The SMILES string of the molecule is Cc1nc(C(=O)N2CCC(CCC(=O)N3CCC(Cc4ccccc4)CC3)CC2)cs1. The molecule has 0 saturated carbocycles. The summed E-state index contributed by atoms with van der Waals surface area (Å²) in [5, 5.41) is 2.78. The maximum Gasteiger partial charge on any atom is 0.273 e. The fourth-order valence-electron chi connectivity index (χ4n) is 4.87. The first-order valence-corrected chi connectivity index (χ1v) is 12.5. The van der Waals surface area contributed by atoms with Crippen LogP contribution >= 0.6 is 11.3 Å². The van der Waals surface area contributed by atoms with Gasteiger partial charge in [-0.05, 0) is 62.8 Å². The van der Waals surface area contributed by atoms with E-state index in [4.69, 9.17) is 0 Å². The van der Waals surface area contributed by atoms with E-state index in [1.807, 2.05) is 17.2 Å². The smallest absolute Gasteiger partial charge is 0.273 e. The largest absolute Gasteiger partial charge is 0.343 e. The van der Waals surface area contributed by atoms with Crippen molar-refractivity contribution in [1.29, 1.82) is 0 Å². The second-order valence-electron chi connectivity index (χ2n) is 9.04. The second kappa shape index (κ2) is 10.4. The topological polar surface area (TPSA) is 53.5 Å². The Morgan fingerprint density at radius 3 is 2.26 bits per heavy atom. The molecule has 2 fully saturated rings. The number of benzene rings is 1. The molecule has 0 radical (unpaired) electrons. The minimum Gasteiger partial charge on any atom is -0.343 e. The van der Waals surface area contributed by atoms with E-state index in [-0.39, 0.29) is 5.91 Å². The monoisotopic (exact) mass is 439 g/mol. The Hall–Kier alpha value is -2.21. The molecule has 2 amide bonds. The highest BCUT2D eigenvalue weighted by Crippen LogP contribution is 2.26. The Labute approximate surface area is 189 Å². The Bertz CT molecular complexity index is 866. The molecule has 2 saturated heterocycles. The van der Waals surface area contributed by atoms with Crippen LogP contribution in [0, 0.1) is 18.8 Å². The van der Waals surface area contributed by atoms with E-state index in [2.05, 4.69) is 40.2 Å². The van der Waals surface area contributed by atoms with E-state index in [0.717, 1.165) is 69.7 Å². The number of likely N-dealkylation sites (tertiary alicyclic amines) is 2. The normalized spacial score (nSPS) is 18.4. The van der Waals surface area contributed by atoms with Crippen LogP contribution in [0.4, 0.5) is 0 Å². The number of rotatable bonds is 6. The molecule has 1 aromatic carbocycles. The zero-order valence-corrected chi connectivity index (χ0v) is 19.3. The summed E-state index contributed by atoms with van der Waals surface area (Å²) in [6, 6.07) is 10.7. The van der Waals surface area contributed by atoms with Crippen LogP contribution < -0.4 is 0 Å². The standard InChI is InChI=1S/C25H33N3O2S/c1-19-26-23(18-31-19)25(30)28-15-9-20(10-16-28)7-8-24(29)27-13-11-22(12-14-27)17-21-5-3-2-4-6-21/h2-6,18,20,22H,7-17H2,1H3. The third kappa shape index (κ3) is 5.94. The van der Waals surface area contributed by atoms with Gasteiger partial charge in [0.25, 0.3) is 5.91 Å². The summed E-state index contributed by atoms with van der Waals surface area (Å²) < 4.78 is 0. The predicted molar refractivity (Wildman–Crippen MR) is 124 cm³/mol. The van der Waals surface area contributed by atoms with Crippen LogP contribution in [0.15, 0.2) is 35.7 Å². The minimum atomic E-state index is 0.0530. The highest BCUT2D eigenvalue weighted by molar-refractivity contribution is 7.09. The molecule has 2 aliphatic heterocycles. The van der Waals surface area contributed by atoms with Crippen molar-refractivity contribution in [3.63, 3.8) is 0 Å². The lowest BCUT2D eigenvalue weighted by Gasteiger charge is -2.34. The lowest BCUT2D eigenvalue weighted by Crippen LogP contribution is -2.40. The fourth-order valence-corrected chi connectivity index (χ4v) is 5.45. The molecule has 0 aliphatic carbocycles. The lowest BCUT2D eigenvalue weighted by molar-refractivity contribution is -0.133. The zero-order valence-electron chi connectivity index (χ0n) is 18.5. The van der Waals surface area contributed by atoms with E-state index < -0.39 is 0 Å². The minimum absolute atomic E-state index is 0.0530. The van der Waals surface area contributed by atoms with Crippen molar-refractivity contribution in [2.24, 2.45) is 11.8 Å². The summed E-state index contributed by atoms with van der Waals surface area (Å²) in [5.74, 6) is 1.60. The van der Waals surface area contributed by atoms with Crippen molar-refractivity contribution in [2.75, 3.05) is 26.2 Å². The quantitative estimate of drug-likeness (QED) is 0.663. The third-order valence-corrected chi connectivity index (χ3v) is 7.61. The van der Waals surface area contributed by atoms with E-state index in [9.17, 15) is 9.59 Å². The molecule has 1 aromatic heterocycles. The van der Waals surface area contributed by atoms with E-state index in [1.54, 1.807) is 0 Å². The average Bonchev–Trinajstić information content (AvgIpc) is 3.25. The first-order valence-electron chi connectivity index (χ1n) is 11.6. The summed E-state index contributed by atoms with van der Waals surface area (Å²) in [6.45, 7) is 5.28. The maximum absolute atomic E-state index is 12.7. The number of piperidine rings is 2. The summed E-state index contributed by atoms with van der Waals surface area (Å²) in [6.07, 6.45) is 6.91. The molecule has 2 aromatic rings. The number of carbonyl (C=O) groups is 2. The molecule has 3 heterocycles. The van der Waals surface area contributed by atoms with Gasteiger partial charge in [0.15, 0.2) is 0 Å². The molecule has 4 rings (SSSR count). The van der Waals surface area contributed by atoms with Gasteiger partial charge < -0.3 is 9.80 Å². The van der Waals surface area contributed by atoms with E-state index >= 15 is 0 Å². The highest BCUT2D eigenvalue weighted by Gasteiger charge is 2.27. The molecule has 0 atom stereocenters. The second-order valence-corrected chi connectivity index (χ2v) is 10.1. The number of aryl methyl sites for hydroxylation is 1. The number of amides is 2. The Morgan fingerprint density at radius 1 is 0.968 bits per heavy atom. The zero-order chi connectivity index (χ0) is 21.6. The van der Waals surface area contributed by atoms with Crippen LogP contribution in [0.5, 0.6) is 0 Å². The van der Waals surface area contributed by atoms with Crippen molar-refractivity contribution in [3.8, 4) is 0 Å². The van der Waals surface area contributed by atoms with Gasteiger partial charge in [0.05, 0.1) is 5.01 Å². The van der Waals surface area contributed by atoms with Gasteiger partial charge in [0.1, 0.15) is 5.69 Å². The van der Waals surface area contributed by atoms with Crippen LogP contribution in [0.1, 0.15) is 59.6 Å². The van der Waals surface area contributed by atoms with Gasteiger partial charge in [-0.2, -0.15) is 0 Å². The molecule has 0 bridgehead atoms. The Kier molecular flexibility index (Phi) is 7.38. The molecular weight excluding hydrogens is 406 g/mol. The predicted octanol–water partition coefficient (Wildman–Crippen LogP) is 4.57. The lowest BCUT2D eigenvalue weighted by atomic mass is 9.89. The molecule has 0 spiro atoms. The van der Waals surface area contributed by atoms with Crippen molar-refractivity contribution in [1.82, 2.24) is 14.8 Å². The molecule has 0 N–H and O–H groups in total. The molecule has 2 aliphatic rings. The van der Waals surface area contributed by atoms with Gasteiger partial charge >= 0.3 is 0 Å². The van der Waals surface area contributed by atoms with Gasteiger partial charge in [-0.3, -0.25) is 9.59 Å². The summed E-state index contributed by atoms with van der Waals surface area (Å²) in [4.78, 5) is 33.6. The van der Waals surface area contributed by atoms with Crippen molar-refractivity contribution in [3.05, 3.63) is 52.0 Å². The van der Waals surface area contributed by atoms with Crippen LogP contribution in [0.2, 0.25) is 0 Å². The van der Waals surface area contributed by atoms with Crippen molar-refractivity contribution < 1.29 is 9.59 Å². The number of aromatic nitrogens is 1. The van der Waals surface area contributed by atoms with Gasteiger partial charge in [0, 0.05) is 38.0 Å². The maximum atomic E-state index is 12.7. The number of hydrogen-bond donors (Lipinski definition) is 0. The molecule has 6 heteroatoms. The summed E-state index contributed by atoms with van der Waals surface area (Å²) in [5.41, 5.74) is 1.98. The van der Waals surface area contributed by atoms with Crippen molar-refractivity contribution >= 4 is 23.2 Å². The number of carbonyl (C=O) groups excluding carboxylic acids is 2. The number of nitrogens with zero attached hydrogens (tertiary/aromatic N) is 3. The molecule has 5 nitrogen and oxygen atoms in total. The van der Waals surface area contributed by atoms with Gasteiger partial charge in [-0.25, -0.2) is 4.98 Å². The highest BCUT2D eigenvalue weighted by atomic mass is 32.1. The number of thiazole rings is 1. The van der Waals surface area contributed by atoms with Crippen LogP contribution in [-0.4, -0.2) is 52.8 Å².